The number of sulfonamides is 1. The molecule has 108 valence electrons. The van der Waals surface area contributed by atoms with E-state index in [9.17, 15) is 21.6 Å². The number of rotatable bonds is 4. The SMILES string of the molecule is Cc1c(CN)cccc1S(=O)(=O)N(C)CC(F)(F)F. The average molecular weight is 296 g/mol. The second-order valence-electron chi connectivity index (χ2n) is 4.12. The molecule has 0 aliphatic carbocycles. The molecule has 2 N–H and O–H groups in total. The summed E-state index contributed by atoms with van der Waals surface area (Å²) in [6, 6.07) is 4.37. The average Bonchev–Trinajstić information content (AvgIpc) is 2.26. The van der Waals surface area contributed by atoms with Gasteiger partial charge in [0.15, 0.2) is 0 Å². The Labute approximate surface area is 110 Å². The highest BCUT2D eigenvalue weighted by atomic mass is 32.2. The van der Waals surface area contributed by atoms with Crippen LogP contribution in [-0.4, -0.2) is 32.5 Å². The molecule has 8 heteroatoms. The minimum absolute atomic E-state index is 0.123. The van der Waals surface area contributed by atoms with Crippen molar-refractivity contribution in [2.45, 2.75) is 24.5 Å². The molecular weight excluding hydrogens is 281 g/mol. The summed E-state index contributed by atoms with van der Waals surface area (Å²) in [7, 11) is -3.28. The fraction of sp³-hybridized carbons (Fsp3) is 0.455. The lowest BCUT2D eigenvalue weighted by Gasteiger charge is -2.20. The monoisotopic (exact) mass is 296 g/mol. The molecule has 0 aliphatic heterocycles. The summed E-state index contributed by atoms with van der Waals surface area (Å²) in [6.07, 6.45) is -4.58. The number of alkyl halides is 3. The molecule has 0 radical (unpaired) electrons. The fourth-order valence-electron chi connectivity index (χ4n) is 1.67. The summed E-state index contributed by atoms with van der Waals surface area (Å²) >= 11 is 0. The predicted molar refractivity (Wildman–Crippen MR) is 64.9 cm³/mol. The Kier molecular flexibility index (Phi) is 4.59. The maximum absolute atomic E-state index is 12.3. The van der Waals surface area contributed by atoms with E-state index in [2.05, 4.69) is 0 Å². The third kappa shape index (κ3) is 3.68. The molecule has 0 unspecified atom stereocenters. The smallest absolute Gasteiger partial charge is 0.326 e. The van der Waals surface area contributed by atoms with Crippen molar-refractivity contribution in [3.05, 3.63) is 29.3 Å². The first kappa shape index (κ1) is 15.9. The van der Waals surface area contributed by atoms with E-state index in [-0.39, 0.29) is 15.7 Å². The van der Waals surface area contributed by atoms with Crippen molar-refractivity contribution >= 4 is 10.0 Å². The number of nitrogens with two attached hydrogens (primary N) is 1. The first-order valence-corrected chi connectivity index (χ1v) is 6.85. The lowest BCUT2D eigenvalue weighted by molar-refractivity contribution is -0.134. The number of nitrogens with zero attached hydrogens (tertiary/aromatic N) is 1. The van der Waals surface area contributed by atoms with Gasteiger partial charge in [0.05, 0.1) is 4.90 Å². The lowest BCUT2D eigenvalue weighted by Crippen LogP contribution is -2.36. The number of hydrogen-bond donors (Lipinski definition) is 1. The molecule has 0 bridgehead atoms. The molecule has 4 nitrogen and oxygen atoms in total. The van der Waals surface area contributed by atoms with Crippen LogP contribution in [0.25, 0.3) is 0 Å². The van der Waals surface area contributed by atoms with Gasteiger partial charge in [-0.05, 0) is 24.1 Å². The number of benzene rings is 1. The normalized spacial score (nSPS) is 13.0. The van der Waals surface area contributed by atoms with Gasteiger partial charge in [-0.1, -0.05) is 12.1 Å². The Morgan fingerprint density at radius 3 is 2.37 bits per heavy atom. The van der Waals surface area contributed by atoms with Crippen molar-refractivity contribution in [2.75, 3.05) is 13.6 Å². The van der Waals surface area contributed by atoms with Gasteiger partial charge in [-0.25, -0.2) is 8.42 Å². The molecule has 0 aliphatic rings. The first-order chi connectivity index (χ1) is 8.59. The molecule has 0 aromatic heterocycles. The summed E-state index contributed by atoms with van der Waals surface area (Å²) in [5, 5.41) is 0. The maximum atomic E-state index is 12.3. The van der Waals surface area contributed by atoms with E-state index in [1.165, 1.54) is 19.1 Å². The number of hydrogen-bond acceptors (Lipinski definition) is 3. The van der Waals surface area contributed by atoms with Gasteiger partial charge in [-0.2, -0.15) is 17.5 Å². The van der Waals surface area contributed by atoms with Gasteiger partial charge >= 0.3 is 6.18 Å². The van der Waals surface area contributed by atoms with Gasteiger partial charge in [0.1, 0.15) is 6.54 Å². The van der Waals surface area contributed by atoms with Gasteiger partial charge in [-0.15, -0.1) is 0 Å². The van der Waals surface area contributed by atoms with Crippen molar-refractivity contribution in [1.82, 2.24) is 4.31 Å². The molecule has 1 rings (SSSR count). The maximum Gasteiger partial charge on any atom is 0.402 e. The van der Waals surface area contributed by atoms with Crippen molar-refractivity contribution in [3.8, 4) is 0 Å². The van der Waals surface area contributed by atoms with Crippen LogP contribution in [0.1, 0.15) is 11.1 Å². The zero-order valence-corrected chi connectivity index (χ0v) is 11.3. The molecule has 19 heavy (non-hydrogen) atoms. The Hall–Kier alpha value is -1.12. The van der Waals surface area contributed by atoms with E-state index in [4.69, 9.17) is 5.73 Å². The molecule has 0 fully saturated rings. The van der Waals surface area contributed by atoms with Gasteiger partial charge in [0.25, 0.3) is 0 Å². The van der Waals surface area contributed by atoms with Crippen molar-refractivity contribution in [1.29, 1.82) is 0 Å². The largest absolute Gasteiger partial charge is 0.402 e. The highest BCUT2D eigenvalue weighted by molar-refractivity contribution is 7.89. The summed E-state index contributed by atoms with van der Waals surface area (Å²) in [5.74, 6) is 0. The quantitative estimate of drug-likeness (QED) is 0.918. The highest BCUT2D eigenvalue weighted by Crippen LogP contribution is 2.24. The summed E-state index contributed by atoms with van der Waals surface area (Å²) in [6.45, 7) is 0.121. The van der Waals surface area contributed by atoms with E-state index >= 15 is 0 Å². The minimum Gasteiger partial charge on any atom is -0.326 e. The summed E-state index contributed by atoms with van der Waals surface area (Å²) < 4.78 is 61.3. The van der Waals surface area contributed by atoms with E-state index in [0.29, 0.717) is 11.1 Å². The van der Waals surface area contributed by atoms with Crippen molar-refractivity contribution in [3.63, 3.8) is 0 Å². The van der Waals surface area contributed by atoms with Crippen LogP contribution in [0.15, 0.2) is 23.1 Å². The number of halogens is 3. The van der Waals surface area contributed by atoms with Gasteiger partial charge in [0.2, 0.25) is 10.0 Å². The molecule has 0 amide bonds. The highest BCUT2D eigenvalue weighted by Gasteiger charge is 2.35. The van der Waals surface area contributed by atoms with Crippen LogP contribution in [0, 0.1) is 6.92 Å². The zero-order chi connectivity index (χ0) is 14.8. The molecule has 1 aromatic rings. The van der Waals surface area contributed by atoms with Gasteiger partial charge < -0.3 is 5.73 Å². The van der Waals surface area contributed by atoms with Crippen LogP contribution in [0.2, 0.25) is 0 Å². The molecule has 0 atom stereocenters. The standard InChI is InChI=1S/C11H15F3N2O2S/c1-8-9(6-15)4-3-5-10(8)19(17,18)16(2)7-11(12,13)14/h3-5H,6-7,15H2,1-2H3. The molecule has 0 spiro atoms. The van der Waals surface area contributed by atoms with Gasteiger partial charge in [0, 0.05) is 13.6 Å². The first-order valence-electron chi connectivity index (χ1n) is 5.41. The van der Waals surface area contributed by atoms with Crippen LogP contribution in [0.5, 0.6) is 0 Å². The van der Waals surface area contributed by atoms with Crippen molar-refractivity contribution in [2.24, 2.45) is 5.73 Å². The second-order valence-corrected chi connectivity index (χ2v) is 6.13. The van der Waals surface area contributed by atoms with Gasteiger partial charge in [-0.3, -0.25) is 0 Å². The Morgan fingerprint density at radius 2 is 1.89 bits per heavy atom. The molecule has 0 saturated carbocycles. The van der Waals surface area contributed by atoms with E-state index in [0.717, 1.165) is 7.05 Å². The topological polar surface area (TPSA) is 63.4 Å². The van der Waals surface area contributed by atoms with Crippen molar-refractivity contribution < 1.29 is 21.6 Å². The van der Waals surface area contributed by atoms with E-state index in [1.807, 2.05) is 0 Å². The zero-order valence-electron chi connectivity index (χ0n) is 10.5. The summed E-state index contributed by atoms with van der Waals surface area (Å²) in [4.78, 5) is -0.151. The Balaban J connectivity index is 3.21. The molecular formula is C11H15F3N2O2S. The van der Waals surface area contributed by atoms with Crippen LogP contribution >= 0.6 is 0 Å². The lowest BCUT2D eigenvalue weighted by atomic mass is 10.1. The molecule has 1 aromatic carbocycles. The van der Waals surface area contributed by atoms with Crippen LogP contribution in [0.3, 0.4) is 0 Å². The third-order valence-electron chi connectivity index (χ3n) is 2.71. The Morgan fingerprint density at radius 1 is 1.32 bits per heavy atom. The predicted octanol–water partition coefficient (Wildman–Crippen LogP) is 1.64. The van der Waals surface area contributed by atoms with Crippen LogP contribution in [0.4, 0.5) is 13.2 Å². The molecule has 0 heterocycles. The molecule has 0 saturated heterocycles. The van der Waals surface area contributed by atoms with E-state index < -0.39 is 22.7 Å². The second kappa shape index (κ2) is 5.48. The van der Waals surface area contributed by atoms with E-state index in [1.54, 1.807) is 6.07 Å². The Bertz CT molecular complexity index is 556. The minimum atomic E-state index is -4.58. The van der Waals surface area contributed by atoms with Crippen LogP contribution in [-0.2, 0) is 16.6 Å². The fourth-order valence-corrected chi connectivity index (χ4v) is 3.09. The third-order valence-corrected chi connectivity index (χ3v) is 4.65. The summed E-state index contributed by atoms with van der Waals surface area (Å²) in [5.41, 5.74) is 6.41. The van der Waals surface area contributed by atoms with Crippen LogP contribution < -0.4 is 5.73 Å².